The summed E-state index contributed by atoms with van der Waals surface area (Å²) in [6.07, 6.45) is 2.02. The van der Waals surface area contributed by atoms with Gasteiger partial charge in [0.15, 0.2) is 0 Å². The SMILES string of the molecule is Cc1nn(C(N)=O)c2c1C(C)CC2. The van der Waals surface area contributed by atoms with E-state index in [9.17, 15) is 4.79 Å². The Labute approximate surface area is 76.7 Å². The van der Waals surface area contributed by atoms with Gasteiger partial charge in [-0.1, -0.05) is 6.92 Å². The fourth-order valence-electron chi connectivity index (χ4n) is 2.15. The summed E-state index contributed by atoms with van der Waals surface area (Å²) in [6.45, 7) is 4.09. The minimum atomic E-state index is -0.474. The minimum absolute atomic E-state index is 0.474. The first kappa shape index (κ1) is 8.29. The second kappa shape index (κ2) is 2.58. The number of primary amides is 1. The van der Waals surface area contributed by atoms with Crippen molar-refractivity contribution < 1.29 is 4.79 Å². The molecule has 4 heteroatoms. The molecule has 1 aromatic rings. The predicted molar refractivity (Wildman–Crippen MR) is 48.7 cm³/mol. The highest BCUT2D eigenvalue weighted by Crippen LogP contribution is 2.34. The van der Waals surface area contributed by atoms with Crippen LogP contribution in [0.1, 0.15) is 36.2 Å². The lowest BCUT2D eigenvalue weighted by Crippen LogP contribution is -2.22. The van der Waals surface area contributed by atoms with E-state index in [2.05, 4.69) is 12.0 Å². The van der Waals surface area contributed by atoms with Crippen molar-refractivity contribution >= 4 is 6.03 Å². The van der Waals surface area contributed by atoms with Crippen LogP contribution in [0.5, 0.6) is 0 Å². The Hall–Kier alpha value is -1.32. The Balaban J connectivity index is 2.59. The molecule has 13 heavy (non-hydrogen) atoms. The Morgan fingerprint density at radius 3 is 3.00 bits per heavy atom. The van der Waals surface area contributed by atoms with Crippen LogP contribution < -0.4 is 5.73 Å². The summed E-state index contributed by atoms with van der Waals surface area (Å²) in [6, 6.07) is -0.474. The van der Waals surface area contributed by atoms with Crippen LogP contribution in [0.2, 0.25) is 0 Å². The zero-order valence-corrected chi connectivity index (χ0v) is 7.87. The van der Waals surface area contributed by atoms with Crippen molar-refractivity contribution in [3.8, 4) is 0 Å². The second-order valence-electron chi connectivity index (χ2n) is 3.64. The van der Waals surface area contributed by atoms with Gasteiger partial charge in [0.05, 0.1) is 11.4 Å². The third-order valence-electron chi connectivity index (χ3n) is 2.72. The van der Waals surface area contributed by atoms with Crippen molar-refractivity contribution in [1.29, 1.82) is 0 Å². The standard InChI is InChI=1S/C9H13N3O/c1-5-3-4-7-8(5)6(2)11-12(7)9(10)13/h5H,3-4H2,1-2H3,(H2,10,13). The van der Waals surface area contributed by atoms with Crippen LogP contribution in [0.3, 0.4) is 0 Å². The molecule has 0 radical (unpaired) electrons. The lowest BCUT2D eigenvalue weighted by molar-refractivity contribution is 0.247. The minimum Gasteiger partial charge on any atom is -0.350 e. The topological polar surface area (TPSA) is 60.9 Å². The van der Waals surface area contributed by atoms with Crippen LogP contribution in [0.15, 0.2) is 0 Å². The largest absolute Gasteiger partial charge is 0.350 e. The number of nitrogens with zero attached hydrogens (tertiary/aromatic N) is 2. The van der Waals surface area contributed by atoms with Gasteiger partial charge in [-0.3, -0.25) is 0 Å². The number of aromatic nitrogens is 2. The summed E-state index contributed by atoms with van der Waals surface area (Å²) >= 11 is 0. The first-order valence-electron chi connectivity index (χ1n) is 4.49. The number of fused-ring (bicyclic) bond motifs is 1. The first-order chi connectivity index (χ1) is 6.11. The highest BCUT2D eigenvalue weighted by molar-refractivity contribution is 5.75. The van der Waals surface area contributed by atoms with Gasteiger partial charge in [0.25, 0.3) is 0 Å². The molecule has 1 atom stereocenters. The molecular formula is C9H13N3O. The number of rotatable bonds is 0. The van der Waals surface area contributed by atoms with Gasteiger partial charge in [0, 0.05) is 0 Å². The molecular weight excluding hydrogens is 166 g/mol. The van der Waals surface area contributed by atoms with Crippen LogP contribution >= 0.6 is 0 Å². The Kier molecular flexibility index (Phi) is 1.65. The van der Waals surface area contributed by atoms with Crippen LogP contribution in [-0.2, 0) is 6.42 Å². The Morgan fingerprint density at radius 1 is 1.69 bits per heavy atom. The van der Waals surface area contributed by atoms with Gasteiger partial charge in [0.1, 0.15) is 0 Å². The van der Waals surface area contributed by atoms with E-state index in [1.165, 1.54) is 10.2 Å². The smallest absolute Gasteiger partial charge is 0.339 e. The lowest BCUT2D eigenvalue weighted by Gasteiger charge is -1.99. The van der Waals surface area contributed by atoms with Gasteiger partial charge in [0.2, 0.25) is 0 Å². The van der Waals surface area contributed by atoms with Crippen molar-refractivity contribution in [2.24, 2.45) is 5.73 Å². The fourth-order valence-corrected chi connectivity index (χ4v) is 2.15. The van der Waals surface area contributed by atoms with E-state index in [1.807, 2.05) is 6.92 Å². The molecule has 2 N–H and O–H groups in total. The molecule has 70 valence electrons. The van der Waals surface area contributed by atoms with Crippen LogP contribution in [0, 0.1) is 6.92 Å². The van der Waals surface area contributed by atoms with E-state index >= 15 is 0 Å². The second-order valence-corrected chi connectivity index (χ2v) is 3.64. The molecule has 1 aliphatic carbocycles. The zero-order valence-electron chi connectivity index (χ0n) is 7.87. The van der Waals surface area contributed by atoms with Crippen LogP contribution in [0.4, 0.5) is 4.79 Å². The van der Waals surface area contributed by atoms with Gasteiger partial charge < -0.3 is 5.73 Å². The summed E-state index contributed by atoms with van der Waals surface area (Å²) in [7, 11) is 0. The van der Waals surface area contributed by atoms with Crippen LogP contribution in [-0.4, -0.2) is 15.8 Å². The van der Waals surface area contributed by atoms with Gasteiger partial charge in [-0.25, -0.2) is 4.79 Å². The van der Waals surface area contributed by atoms with Gasteiger partial charge in [-0.2, -0.15) is 9.78 Å². The Bertz CT molecular complexity index is 367. The van der Waals surface area contributed by atoms with Crippen molar-refractivity contribution in [1.82, 2.24) is 9.78 Å². The van der Waals surface area contributed by atoms with E-state index < -0.39 is 6.03 Å². The molecule has 2 rings (SSSR count). The number of hydrogen-bond acceptors (Lipinski definition) is 2. The summed E-state index contributed by atoms with van der Waals surface area (Å²) in [5, 5.41) is 4.12. The number of nitrogens with two attached hydrogens (primary N) is 1. The average molecular weight is 179 g/mol. The van der Waals surface area contributed by atoms with Crippen LogP contribution in [0.25, 0.3) is 0 Å². The monoisotopic (exact) mass is 179 g/mol. The molecule has 4 nitrogen and oxygen atoms in total. The van der Waals surface area contributed by atoms with Gasteiger partial charge in [-0.05, 0) is 31.2 Å². The molecule has 1 aliphatic rings. The van der Waals surface area contributed by atoms with Crippen molar-refractivity contribution in [3.05, 3.63) is 17.0 Å². The molecule has 0 bridgehead atoms. The molecule has 1 amide bonds. The average Bonchev–Trinajstić information content (AvgIpc) is 2.55. The lowest BCUT2D eigenvalue weighted by atomic mass is 10.1. The summed E-state index contributed by atoms with van der Waals surface area (Å²) < 4.78 is 1.34. The van der Waals surface area contributed by atoms with Crippen molar-refractivity contribution in [2.75, 3.05) is 0 Å². The molecule has 1 aromatic heterocycles. The highest BCUT2D eigenvalue weighted by atomic mass is 16.2. The third-order valence-corrected chi connectivity index (χ3v) is 2.72. The predicted octanol–water partition coefficient (Wildman–Crippen LogP) is 1.17. The molecule has 0 fully saturated rings. The fraction of sp³-hybridized carbons (Fsp3) is 0.556. The Morgan fingerprint density at radius 2 is 2.38 bits per heavy atom. The molecule has 0 saturated heterocycles. The number of carbonyl (C=O) groups excluding carboxylic acids is 1. The zero-order chi connectivity index (χ0) is 9.59. The number of carbonyl (C=O) groups is 1. The summed E-state index contributed by atoms with van der Waals surface area (Å²) in [5.74, 6) is 0.517. The maximum atomic E-state index is 11.0. The van der Waals surface area contributed by atoms with E-state index in [1.54, 1.807) is 0 Å². The number of hydrogen-bond donors (Lipinski definition) is 1. The van der Waals surface area contributed by atoms with Crippen molar-refractivity contribution in [3.63, 3.8) is 0 Å². The van der Waals surface area contributed by atoms with Crippen molar-refractivity contribution in [2.45, 2.75) is 32.6 Å². The maximum absolute atomic E-state index is 11.0. The molecule has 0 aliphatic heterocycles. The van der Waals surface area contributed by atoms with E-state index in [0.29, 0.717) is 5.92 Å². The van der Waals surface area contributed by atoms with Gasteiger partial charge >= 0.3 is 6.03 Å². The first-order valence-corrected chi connectivity index (χ1v) is 4.49. The quantitative estimate of drug-likeness (QED) is 0.649. The highest BCUT2D eigenvalue weighted by Gasteiger charge is 2.27. The molecule has 0 saturated carbocycles. The number of aryl methyl sites for hydroxylation is 1. The number of amides is 1. The molecule has 0 aromatic carbocycles. The summed E-state index contributed by atoms with van der Waals surface area (Å²) in [5.41, 5.74) is 8.38. The molecule has 1 heterocycles. The molecule has 1 unspecified atom stereocenters. The van der Waals surface area contributed by atoms with Gasteiger partial charge in [-0.15, -0.1) is 0 Å². The third kappa shape index (κ3) is 1.05. The van der Waals surface area contributed by atoms with E-state index in [0.717, 1.165) is 24.2 Å². The summed E-state index contributed by atoms with van der Waals surface area (Å²) in [4.78, 5) is 11.0. The van der Waals surface area contributed by atoms with E-state index in [-0.39, 0.29) is 0 Å². The maximum Gasteiger partial charge on any atom is 0.339 e. The van der Waals surface area contributed by atoms with E-state index in [4.69, 9.17) is 5.73 Å². The normalized spacial score (nSPS) is 20.3. The molecule has 0 spiro atoms.